The van der Waals surface area contributed by atoms with E-state index in [0.717, 1.165) is 38.2 Å². The molecule has 0 aromatic heterocycles. The highest BCUT2D eigenvalue weighted by molar-refractivity contribution is 5.87. The minimum Gasteiger partial charge on any atom is -0.508 e. The number of aliphatic hydroxyl groups is 1. The maximum absolute atomic E-state index is 10.7. The predicted octanol–water partition coefficient (Wildman–Crippen LogP) is 10.1. The number of aliphatic hydroxyl groups excluding tert-OH is 1. The van der Waals surface area contributed by atoms with Crippen molar-refractivity contribution in [3.63, 3.8) is 0 Å². The summed E-state index contributed by atoms with van der Waals surface area (Å²) in [6.45, 7) is 5.79. The van der Waals surface area contributed by atoms with Gasteiger partial charge in [0.15, 0.2) is 0 Å². The van der Waals surface area contributed by atoms with Gasteiger partial charge in [0, 0.05) is 5.57 Å². The lowest BCUT2D eigenvalue weighted by molar-refractivity contribution is 0.435. The standard InChI is InChI=1S/C37H28O4/c1-3-36(39)37(27-7-4-6-24(2)18-27)28-8-5-9-32(20-28)40-34-16-12-26-13-17-35(23-30(26)22-34)41-33-15-11-25-10-14-31(38)19-29(25)21-33/h3-23,38-39H,1H2,2H3/b37-36+. The monoisotopic (exact) mass is 536 g/mol. The summed E-state index contributed by atoms with van der Waals surface area (Å²) in [5.41, 5.74) is 3.52. The maximum Gasteiger partial charge on any atom is 0.128 e. The SMILES string of the molecule is C=C/C(O)=C(/c1cccc(C)c1)c1cccc(Oc2ccc3ccc(Oc4ccc5ccc(O)cc5c4)cc3c2)c1. The van der Waals surface area contributed by atoms with E-state index in [1.165, 1.54) is 6.08 Å². The molecule has 0 aliphatic rings. The van der Waals surface area contributed by atoms with Gasteiger partial charge in [0.1, 0.15) is 34.5 Å². The highest BCUT2D eigenvalue weighted by atomic mass is 16.5. The van der Waals surface area contributed by atoms with Gasteiger partial charge in [0.2, 0.25) is 0 Å². The van der Waals surface area contributed by atoms with Crippen LogP contribution in [0.3, 0.4) is 0 Å². The van der Waals surface area contributed by atoms with Gasteiger partial charge in [-0.15, -0.1) is 0 Å². The third kappa shape index (κ3) is 5.63. The van der Waals surface area contributed by atoms with E-state index in [4.69, 9.17) is 9.47 Å². The molecule has 4 heteroatoms. The number of allylic oxidation sites excluding steroid dienone is 1. The van der Waals surface area contributed by atoms with Crippen LogP contribution >= 0.6 is 0 Å². The fourth-order valence-corrected chi connectivity index (χ4v) is 4.96. The van der Waals surface area contributed by atoms with E-state index in [2.05, 4.69) is 6.58 Å². The Morgan fingerprint density at radius 2 is 1.10 bits per heavy atom. The first-order valence-corrected chi connectivity index (χ1v) is 13.3. The Kier molecular flexibility index (Phi) is 6.88. The number of hydrogen-bond donors (Lipinski definition) is 2. The molecular weight excluding hydrogens is 508 g/mol. The van der Waals surface area contributed by atoms with Crippen LogP contribution < -0.4 is 9.47 Å². The van der Waals surface area contributed by atoms with Crippen LogP contribution in [0.15, 0.2) is 140 Å². The van der Waals surface area contributed by atoms with Crippen LogP contribution in [0.5, 0.6) is 28.7 Å². The summed E-state index contributed by atoms with van der Waals surface area (Å²) in [5.74, 6) is 3.04. The normalized spacial score (nSPS) is 11.7. The Hall–Kier alpha value is -5.48. The van der Waals surface area contributed by atoms with Gasteiger partial charge < -0.3 is 19.7 Å². The Morgan fingerprint density at radius 1 is 0.585 bits per heavy atom. The maximum atomic E-state index is 10.7. The second-order valence-corrected chi connectivity index (χ2v) is 9.93. The first kappa shape index (κ1) is 25.8. The number of phenols is 1. The summed E-state index contributed by atoms with van der Waals surface area (Å²) < 4.78 is 12.4. The number of aryl methyl sites for hydroxylation is 1. The average molecular weight is 537 g/mol. The summed E-state index contributed by atoms with van der Waals surface area (Å²) in [6.07, 6.45) is 1.45. The molecule has 0 bridgehead atoms. The van der Waals surface area contributed by atoms with Crippen LogP contribution in [0.2, 0.25) is 0 Å². The largest absolute Gasteiger partial charge is 0.508 e. The minimum absolute atomic E-state index is 0.106. The van der Waals surface area contributed by atoms with Crippen LogP contribution in [-0.4, -0.2) is 10.2 Å². The number of ether oxygens (including phenoxy) is 2. The Morgan fingerprint density at radius 3 is 1.68 bits per heavy atom. The van der Waals surface area contributed by atoms with E-state index in [0.29, 0.717) is 28.6 Å². The van der Waals surface area contributed by atoms with Crippen molar-refractivity contribution < 1.29 is 19.7 Å². The molecule has 0 aliphatic carbocycles. The van der Waals surface area contributed by atoms with Crippen molar-refractivity contribution in [3.8, 4) is 28.7 Å². The van der Waals surface area contributed by atoms with Crippen molar-refractivity contribution in [2.45, 2.75) is 6.92 Å². The molecule has 0 atom stereocenters. The lowest BCUT2D eigenvalue weighted by Crippen LogP contribution is -1.94. The fourth-order valence-electron chi connectivity index (χ4n) is 4.96. The van der Waals surface area contributed by atoms with Crippen LogP contribution in [0, 0.1) is 6.92 Å². The summed E-state index contributed by atoms with van der Waals surface area (Å²) in [5, 5.41) is 24.5. The molecule has 0 radical (unpaired) electrons. The third-order valence-electron chi connectivity index (χ3n) is 6.93. The zero-order chi connectivity index (χ0) is 28.3. The second-order valence-electron chi connectivity index (χ2n) is 9.93. The molecule has 2 N–H and O–H groups in total. The topological polar surface area (TPSA) is 58.9 Å². The van der Waals surface area contributed by atoms with E-state index < -0.39 is 0 Å². The van der Waals surface area contributed by atoms with E-state index in [-0.39, 0.29) is 11.5 Å². The molecule has 0 saturated heterocycles. The van der Waals surface area contributed by atoms with E-state index in [9.17, 15) is 10.2 Å². The van der Waals surface area contributed by atoms with Crippen molar-refractivity contribution in [1.82, 2.24) is 0 Å². The number of fused-ring (bicyclic) bond motifs is 2. The number of aromatic hydroxyl groups is 1. The zero-order valence-corrected chi connectivity index (χ0v) is 22.5. The van der Waals surface area contributed by atoms with Gasteiger partial charge in [-0.3, -0.25) is 0 Å². The molecule has 0 heterocycles. The van der Waals surface area contributed by atoms with Crippen molar-refractivity contribution in [2.24, 2.45) is 0 Å². The summed E-state index contributed by atoms with van der Waals surface area (Å²) in [7, 11) is 0. The van der Waals surface area contributed by atoms with E-state index >= 15 is 0 Å². The molecule has 4 nitrogen and oxygen atoms in total. The average Bonchev–Trinajstić information content (AvgIpc) is 2.97. The van der Waals surface area contributed by atoms with Crippen molar-refractivity contribution in [1.29, 1.82) is 0 Å². The van der Waals surface area contributed by atoms with Crippen molar-refractivity contribution in [3.05, 3.63) is 156 Å². The molecule has 41 heavy (non-hydrogen) atoms. The molecule has 6 aromatic rings. The lowest BCUT2D eigenvalue weighted by Gasteiger charge is -2.13. The van der Waals surface area contributed by atoms with Crippen molar-refractivity contribution >= 4 is 27.1 Å². The van der Waals surface area contributed by atoms with Crippen LogP contribution in [0.25, 0.3) is 27.1 Å². The number of rotatable bonds is 7. The smallest absolute Gasteiger partial charge is 0.128 e. The first-order chi connectivity index (χ1) is 19.9. The van der Waals surface area contributed by atoms with E-state index in [1.54, 1.807) is 12.1 Å². The zero-order valence-electron chi connectivity index (χ0n) is 22.5. The molecule has 6 rings (SSSR count). The molecule has 0 fully saturated rings. The van der Waals surface area contributed by atoms with Gasteiger partial charge >= 0.3 is 0 Å². The molecule has 0 unspecified atom stereocenters. The Balaban J connectivity index is 1.27. The number of phenolic OH excluding ortho intramolecular Hbond substituents is 1. The fraction of sp³-hybridized carbons (Fsp3) is 0.0270. The number of hydrogen-bond acceptors (Lipinski definition) is 4. The van der Waals surface area contributed by atoms with Crippen LogP contribution in [0.4, 0.5) is 0 Å². The van der Waals surface area contributed by atoms with Gasteiger partial charge in [0.05, 0.1) is 0 Å². The summed E-state index contributed by atoms with van der Waals surface area (Å²) in [4.78, 5) is 0. The van der Waals surface area contributed by atoms with E-state index in [1.807, 2.05) is 116 Å². The molecule has 6 aromatic carbocycles. The minimum atomic E-state index is 0.106. The van der Waals surface area contributed by atoms with Gasteiger partial charge in [-0.05, 0) is 106 Å². The molecule has 0 spiro atoms. The molecule has 0 aliphatic heterocycles. The first-order valence-electron chi connectivity index (χ1n) is 13.3. The van der Waals surface area contributed by atoms with Crippen molar-refractivity contribution in [2.75, 3.05) is 0 Å². The van der Waals surface area contributed by atoms with Gasteiger partial charge in [0.25, 0.3) is 0 Å². The molecule has 0 saturated carbocycles. The molecule has 0 amide bonds. The van der Waals surface area contributed by atoms with Gasteiger partial charge in [-0.2, -0.15) is 0 Å². The second kappa shape index (κ2) is 10.9. The van der Waals surface area contributed by atoms with Gasteiger partial charge in [-0.25, -0.2) is 0 Å². The lowest BCUT2D eigenvalue weighted by atomic mass is 9.95. The Bertz CT molecular complexity index is 1950. The van der Waals surface area contributed by atoms with Crippen LogP contribution in [0.1, 0.15) is 16.7 Å². The van der Waals surface area contributed by atoms with Gasteiger partial charge in [-0.1, -0.05) is 72.8 Å². The number of benzene rings is 6. The molecule has 200 valence electrons. The third-order valence-corrected chi connectivity index (χ3v) is 6.93. The predicted molar refractivity (Wildman–Crippen MR) is 166 cm³/mol. The highest BCUT2D eigenvalue weighted by Gasteiger charge is 2.12. The summed E-state index contributed by atoms with van der Waals surface area (Å²) in [6, 6.07) is 38.6. The quantitative estimate of drug-likeness (QED) is 0.157. The summed E-state index contributed by atoms with van der Waals surface area (Å²) >= 11 is 0. The Labute approximate surface area is 238 Å². The van der Waals surface area contributed by atoms with Crippen LogP contribution in [-0.2, 0) is 0 Å². The molecular formula is C37H28O4. The highest BCUT2D eigenvalue weighted by Crippen LogP contribution is 2.34.